The molecule has 2 saturated heterocycles. The average Bonchev–Trinajstić information content (AvgIpc) is 3.10. The monoisotopic (exact) mass is 293 g/mol. The molecule has 5 heteroatoms. The van der Waals surface area contributed by atoms with Crippen molar-refractivity contribution in [1.82, 2.24) is 14.8 Å². The minimum absolute atomic E-state index is 0.296. The Morgan fingerprint density at radius 2 is 2.00 bits per heavy atom. The van der Waals surface area contributed by atoms with Gasteiger partial charge in [-0.15, -0.1) is 0 Å². The second kappa shape index (κ2) is 6.90. The van der Waals surface area contributed by atoms with E-state index in [2.05, 4.69) is 14.8 Å². The number of aryl methyl sites for hydroxylation is 1. The normalized spacial score (nSPS) is 28.3. The van der Waals surface area contributed by atoms with Gasteiger partial charge in [-0.25, -0.2) is 4.98 Å². The maximum absolute atomic E-state index is 9.58. The zero-order chi connectivity index (χ0) is 14.7. The van der Waals surface area contributed by atoms with Crippen LogP contribution in [0.25, 0.3) is 0 Å². The number of hydrogen-bond acceptors (Lipinski definition) is 5. The van der Waals surface area contributed by atoms with Gasteiger partial charge in [-0.3, -0.25) is 4.90 Å². The summed E-state index contributed by atoms with van der Waals surface area (Å²) >= 11 is 0. The molecule has 118 valence electrons. The van der Waals surface area contributed by atoms with E-state index in [1.165, 1.54) is 32.5 Å². The molecule has 0 amide bonds. The number of likely N-dealkylation sites (tertiary alicyclic amines) is 2. The number of aromatic nitrogens is 1. The molecule has 2 atom stereocenters. The fourth-order valence-electron chi connectivity index (χ4n) is 3.86. The minimum Gasteiger partial charge on any atom is -0.449 e. The molecular weight excluding hydrogens is 266 g/mol. The van der Waals surface area contributed by atoms with Crippen LogP contribution in [-0.2, 0) is 6.54 Å². The summed E-state index contributed by atoms with van der Waals surface area (Å²) < 4.78 is 5.30. The molecule has 0 saturated carbocycles. The molecule has 0 aliphatic carbocycles. The molecule has 1 aromatic rings. The molecule has 0 spiro atoms. The van der Waals surface area contributed by atoms with Crippen molar-refractivity contribution in [2.24, 2.45) is 11.8 Å². The predicted octanol–water partition coefficient (Wildman–Crippen LogP) is 1.51. The quantitative estimate of drug-likeness (QED) is 0.892. The van der Waals surface area contributed by atoms with Gasteiger partial charge in [0.2, 0.25) is 0 Å². The molecule has 3 heterocycles. The van der Waals surface area contributed by atoms with Gasteiger partial charge in [0.25, 0.3) is 0 Å². The summed E-state index contributed by atoms with van der Waals surface area (Å²) in [5, 5.41) is 9.58. The van der Waals surface area contributed by atoms with Crippen molar-refractivity contribution in [1.29, 1.82) is 0 Å². The van der Waals surface area contributed by atoms with E-state index in [0.717, 1.165) is 37.6 Å². The number of rotatable bonds is 5. The van der Waals surface area contributed by atoms with Gasteiger partial charge < -0.3 is 14.4 Å². The van der Waals surface area contributed by atoms with Crippen molar-refractivity contribution in [3.8, 4) is 0 Å². The summed E-state index contributed by atoms with van der Waals surface area (Å²) in [6, 6.07) is 0. The lowest BCUT2D eigenvalue weighted by Crippen LogP contribution is -2.44. The van der Waals surface area contributed by atoms with E-state index in [9.17, 15) is 5.11 Å². The molecule has 1 N–H and O–H groups in total. The summed E-state index contributed by atoms with van der Waals surface area (Å²) in [6.07, 6.45) is 5.60. The molecule has 3 rings (SSSR count). The highest BCUT2D eigenvalue weighted by atomic mass is 16.3. The van der Waals surface area contributed by atoms with Crippen LogP contribution in [0.15, 0.2) is 10.7 Å². The van der Waals surface area contributed by atoms with Gasteiger partial charge in [0.1, 0.15) is 6.26 Å². The summed E-state index contributed by atoms with van der Waals surface area (Å²) in [4.78, 5) is 9.42. The number of aliphatic hydroxyl groups is 1. The van der Waals surface area contributed by atoms with Crippen LogP contribution in [0.3, 0.4) is 0 Å². The van der Waals surface area contributed by atoms with E-state index in [-0.39, 0.29) is 0 Å². The second-order valence-electron chi connectivity index (χ2n) is 6.71. The van der Waals surface area contributed by atoms with Crippen molar-refractivity contribution in [3.63, 3.8) is 0 Å². The van der Waals surface area contributed by atoms with Crippen LogP contribution < -0.4 is 0 Å². The second-order valence-corrected chi connectivity index (χ2v) is 6.71. The zero-order valence-corrected chi connectivity index (χ0v) is 13.0. The lowest BCUT2D eigenvalue weighted by Gasteiger charge is -2.38. The molecule has 21 heavy (non-hydrogen) atoms. The van der Waals surface area contributed by atoms with Crippen LogP contribution in [0, 0.1) is 18.8 Å². The van der Waals surface area contributed by atoms with Crippen molar-refractivity contribution in [3.05, 3.63) is 17.8 Å². The first-order valence-electron chi connectivity index (χ1n) is 8.19. The van der Waals surface area contributed by atoms with Crippen LogP contribution in [-0.4, -0.2) is 59.2 Å². The topological polar surface area (TPSA) is 52.7 Å². The van der Waals surface area contributed by atoms with Crippen molar-refractivity contribution >= 4 is 0 Å². The fourth-order valence-corrected chi connectivity index (χ4v) is 3.86. The molecule has 0 bridgehead atoms. The van der Waals surface area contributed by atoms with E-state index in [1.807, 2.05) is 6.92 Å². The standard InChI is InChI=1S/C16H27N3O2/c1-13-17-16(12-21-13)10-19-8-14(6-15(9-19)11-20)7-18-4-2-3-5-18/h12,14-15,20H,2-11H2,1H3/t14-,15+/m1/s1. The summed E-state index contributed by atoms with van der Waals surface area (Å²) in [5.74, 6) is 1.80. The summed E-state index contributed by atoms with van der Waals surface area (Å²) in [7, 11) is 0. The number of nitrogens with zero attached hydrogens (tertiary/aromatic N) is 3. The van der Waals surface area contributed by atoms with Gasteiger partial charge in [-0.2, -0.15) is 0 Å². The largest absolute Gasteiger partial charge is 0.449 e. The van der Waals surface area contributed by atoms with E-state index in [1.54, 1.807) is 6.26 Å². The molecule has 0 aromatic carbocycles. The maximum atomic E-state index is 9.58. The first-order valence-corrected chi connectivity index (χ1v) is 8.19. The Balaban J connectivity index is 1.57. The highest BCUT2D eigenvalue weighted by molar-refractivity contribution is 4.96. The third-order valence-electron chi connectivity index (χ3n) is 4.72. The lowest BCUT2D eigenvalue weighted by atomic mass is 9.89. The van der Waals surface area contributed by atoms with Crippen molar-refractivity contribution in [2.45, 2.75) is 32.7 Å². The minimum atomic E-state index is 0.296. The van der Waals surface area contributed by atoms with E-state index < -0.39 is 0 Å². The number of oxazole rings is 1. The third kappa shape index (κ3) is 4.05. The van der Waals surface area contributed by atoms with Crippen LogP contribution in [0.5, 0.6) is 0 Å². The molecule has 2 fully saturated rings. The van der Waals surface area contributed by atoms with E-state index >= 15 is 0 Å². The Morgan fingerprint density at radius 1 is 1.24 bits per heavy atom. The molecule has 2 aliphatic rings. The van der Waals surface area contributed by atoms with E-state index in [0.29, 0.717) is 18.4 Å². The molecule has 0 unspecified atom stereocenters. The Labute approximate surface area is 126 Å². The zero-order valence-electron chi connectivity index (χ0n) is 13.0. The Morgan fingerprint density at radius 3 is 2.67 bits per heavy atom. The molecule has 0 radical (unpaired) electrons. The number of aliphatic hydroxyl groups excluding tert-OH is 1. The highest BCUT2D eigenvalue weighted by Crippen LogP contribution is 2.25. The average molecular weight is 293 g/mol. The third-order valence-corrected chi connectivity index (χ3v) is 4.72. The van der Waals surface area contributed by atoms with Crippen LogP contribution >= 0.6 is 0 Å². The SMILES string of the molecule is Cc1nc(CN2C[C@@H](CN3CCCC3)C[C@H](CO)C2)co1. The summed E-state index contributed by atoms with van der Waals surface area (Å²) in [6.45, 7) is 8.79. The Kier molecular flexibility index (Phi) is 4.93. The molecule has 5 nitrogen and oxygen atoms in total. The maximum Gasteiger partial charge on any atom is 0.191 e. The van der Waals surface area contributed by atoms with E-state index in [4.69, 9.17) is 4.42 Å². The first kappa shape index (κ1) is 15.0. The van der Waals surface area contributed by atoms with Gasteiger partial charge in [0, 0.05) is 39.7 Å². The van der Waals surface area contributed by atoms with Gasteiger partial charge in [-0.05, 0) is 44.2 Å². The number of piperidine rings is 1. The summed E-state index contributed by atoms with van der Waals surface area (Å²) in [5.41, 5.74) is 1.01. The van der Waals surface area contributed by atoms with Crippen LogP contribution in [0.4, 0.5) is 0 Å². The smallest absolute Gasteiger partial charge is 0.191 e. The van der Waals surface area contributed by atoms with Gasteiger partial charge in [-0.1, -0.05) is 0 Å². The van der Waals surface area contributed by atoms with Gasteiger partial charge in [0.05, 0.1) is 5.69 Å². The highest BCUT2D eigenvalue weighted by Gasteiger charge is 2.29. The van der Waals surface area contributed by atoms with Gasteiger partial charge >= 0.3 is 0 Å². The molecule has 1 aromatic heterocycles. The first-order chi connectivity index (χ1) is 10.2. The Bertz CT molecular complexity index is 442. The lowest BCUT2D eigenvalue weighted by molar-refractivity contribution is 0.0651. The Hall–Kier alpha value is -0.910. The van der Waals surface area contributed by atoms with Crippen molar-refractivity contribution in [2.75, 3.05) is 39.3 Å². The molecule has 2 aliphatic heterocycles. The predicted molar refractivity (Wildman–Crippen MR) is 80.9 cm³/mol. The van der Waals surface area contributed by atoms with Crippen LogP contribution in [0.2, 0.25) is 0 Å². The number of hydrogen-bond donors (Lipinski definition) is 1. The fraction of sp³-hybridized carbons (Fsp3) is 0.812. The van der Waals surface area contributed by atoms with Crippen LogP contribution in [0.1, 0.15) is 30.8 Å². The van der Waals surface area contributed by atoms with Gasteiger partial charge in [0.15, 0.2) is 5.89 Å². The molecular formula is C16H27N3O2. The van der Waals surface area contributed by atoms with Crippen molar-refractivity contribution < 1.29 is 9.52 Å².